The van der Waals surface area contributed by atoms with Crippen molar-refractivity contribution < 1.29 is 0 Å². The quantitative estimate of drug-likeness (QED) is 0.751. The Balaban J connectivity index is 1.85. The minimum absolute atomic E-state index is 0.780. The van der Waals surface area contributed by atoms with Gasteiger partial charge in [-0.05, 0) is 37.7 Å². The van der Waals surface area contributed by atoms with Crippen LogP contribution in [-0.4, -0.2) is 21.9 Å². The monoisotopic (exact) mass is 298 g/mol. The largest absolute Gasteiger partial charge is 0.398 e. The number of hydrogen-bond donors (Lipinski definition) is 1. The second kappa shape index (κ2) is 5.79. The average Bonchev–Trinajstić information content (AvgIpc) is 2.88. The zero-order chi connectivity index (χ0) is 14.8. The van der Waals surface area contributed by atoms with E-state index in [0.717, 1.165) is 35.4 Å². The number of nitrogens with two attached hydrogens (primary N) is 1. The van der Waals surface area contributed by atoms with Gasteiger partial charge in [-0.3, -0.25) is 9.88 Å². The highest BCUT2D eigenvalue weighted by Crippen LogP contribution is 2.24. The SMILES string of the molecule is Cc1ncsc1CN(C)Cc1ccc(N)c2cccnc12. The third kappa shape index (κ3) is 2.89. The van der Waals surface area contributed by atoms with Crippen LogP contribution in [0.5, 0.6) is 0 Å². The van der Waals surface area contributed by atoms with Crippen LogP contribution in [0.15, 0.2) is 36.0 Å². The number of pyridine rings is 1. The van der Waals surface area contributed by atoms with Crippen LogP contribution in [0.4, 0.5) is 5.69 Å². The van der Waals surface area contributed by atoms with Crippen LogP contribution in [-0.2, 0) is 13.1 Å². The minimum Gasteiger partial charge on any atom is -0.398 e. The van der Waals surface area contributed by atoms with Gasteiger partial charge >= 0.3 is 0 Å². The first kappa shape index (κ1) is 14.0. The van der Waals surface area contributed by atoms with Gasteiger partial charge in [-0.25, -0.2) is 4.98 Å². The Morgan fingerprint density at radius 3 is 2.81 bits per heavy atom. The number of thiazole rings is 1. The predicted octanol–water partition coefficient (Wildman–Crippen LogP) is 3.21. The van der Waals surface area contributed by atoms with Gasteiger partial charge in [0.25, 0.3) is 0 Å². The van der Waals surface area contributed by atoms with Crippen LogP contribution in [0.3, 0.4) is 0 Å². The van der Waals surface area contributed by atoms with E-state index >= 15 is 0 Å². The van der Waals surface area contributed by atoms with E-state index in [0.29, 0.717) is 0 Å². The Bertz CT molecular complexity index is 766. The number of aryl methyl sites for hydroxylation is 1. The molecule has 2 N–H and O–H groups in total. The van der Waals surface area contributed by atoms with E-state index < -0.39 is 0 Å². The minimum atomic E-state index is 0.780. The Hall–Kier alpha value is -1.98. The fraction of sp³-hybridized carbons (Fsp3) is 0.250. The molecule has 21 heavy (non-hydrogen) atoms. The van der Waals surface area contributed by atoms with Gasteiger partial charge < -0.3 is 5.73 Å². The van der Waals surface area contributed by atoms with E-state index in [1.807, 2.05) is 29.9 Å². The summed E-state index contributed by atoms with van der Waals surface area (Å²) in [6, 6.07) is 7.98. The van der Waals surface area contributed by atoms with Gasteiger partial charge in [-0.15, -0.1) is 11.3 Å². The number of aromatic nitrogens is 2. The third-order valence-electron chi connectivity index (χ3n) is 3.59. The van der Waals surface area contributed by atoms with Crippen molar-refractivity contribution in [1.82, 2.24) is 14.9 Å². The van der Waals surface area contributed by atoms with Gasteiger partial charge in [0.1, 0.15) is 0 Å². The number of nitrogen functional groups attached to an aromatic ring is 1. The van der Waals surface area contributed by atoms with Crippen molar-refractivity contribution in [3.63, 3.8) is 0 Å². The molecule has 2 heterocycles. The zero-order valence-corrected chi connectivity index (χ0v) is 13.0. The highest BCUT2D eigenvalue weighted by atomic mass is 32.1. The van der Waals surface area contributed by atoms with Crippen LogP contribution in [0.2, 0.25) is 0 Å². The summed E-state index contributed by atoms with van der Waals surface area (Å²) in [6.45, 7) is 3.79. The smallest absolute Gasteiger partial charge is 0.0798 e. The molecule has 0 amide bonds. The molecule has 0 unspecified atom stereocenters. The molecule has 0 saturated carbocycles. The summed E-state index contributed by atoms with van der Waals surface area (Å²) in [4.78, 5) is 12.4. The van der Waals surface area contributed by atoms with Crippen molar-refractivity contribution in [3.05, 3.63) is 52.1 Å². The molecular weight excluding hydrogens is 280 g/mol. The van der Waals surface area contributed by atoms with E-state index in [1.165, 1.54) is 10.4 Å². The highest BCUT2D eigenvalue weighted by molar-refractivity contribution is 7.09. The second-order valence-corrected chi connectivity index (χ2v) is 6.19. The van der Waals surface area contributed by atoms with Crippen LogP contribution < -0.4 is 5.73 Å². The summed E-state index contributed by atoms with van der Waals surface area (Å²) < 4.78 is 0. The number of fused-ring (bicyclic) bond motifs is 1. The fourth-order valence-corrected chi connectivity index (χ4v) is 3.31. The van der Waals surface area contributed by atoms with Gasteiger partial charge in [0.15, 0.2) is 0 Å². The molecule has 0 aliphatic heterocycles. The first-order valence-electron chi connectivity index (χ1n) is 6.84. The van der Waals surface area contributed by atoms with Gasteiger partial charge in [-0.2, -0.15) is 0 Å². The number of nitrogens with zero attached hydrogens (tertiary/aromatic N) is 3. The lowest BCUT2D eigenvalue weighted by Crippen LogP contribution is -2.17. The molecule has 4 nitrogen and oxygen atoms in total. The van der Waals surface area contributed by atoms with Crippen LogP contribution >= 0.6 is 11.3 Å². The van der Waals surface area contributed by atoms with E-state index in [-0.39, 0.29) is 0 Å². The standard InChI is InChI=1S/C16H18N4S/c1-11-15(21-10-19-11)9-20(2)8-12-5-6-14(17)13-4-3-7-18-16(12)13/h3-7,10H,8-9,17H2,1-2H3. The Labute approximate surface area is 128 Å². The number of rotatable bonds is 4. The highest BCUT2D eigenvalue weighted by Gasteiger charge is 2.10. The molecule has 2 aromatic heterocycles. The van der Waals surface area contributed by atoms with E-state index in [2.05, 4.69) is 34.9 Å². The van der Waals surface area contributed by atoms with Crippen molar-refractivity contribution in [2.75, 3.05) is 12.8 Å². The summed E-state index contributed by atoms with van der Waals surface area (Å²) in [6.07, 6.45) is 1.82. The van der Waals surface area contributed by atoms with E-state index in [4.69, 9.17) is 5.73 Å². The topological polar surface area (TPSA) is 55.0 Å². The summed E-state index contributed by atoms with van der Waals surface area (Å²) in [5.74, 6) is 0. The van der Waals surface area contributed by atoms with Gasteiger partial charge in [-0.1, -0.05) is 6.07 Å². The van der Waals surface area contributed by atoms with Crippen molar-refractivity contribution in [2.45, 2.75) is 20.0 Å². The lowest BCUT2D eigenvalue weighted by Gasteiger charge is -2.17. The molecule has 0 aliphatic rings. The molecule has 108 valence electrons. The summed E-state index contributed by atoms with van der Waals surface area (Å²) >= 11 is 1.71. The van der Waals surface area contributed by atoms with Crippen molar-refractivity contribution >= 4 is 27.9 Å². The Morgan fingerprint density at radius 1 is 1.19 bits per heavy atom. The lowest BCUT2D eigenvalue weighted by molar-refractivity contribution is 0.322. The Morgan fingerprint density at radius 2 is 2.05 bits per heavy atom. The number of hydrogen-bond acceptors (Lipinski definition) is 5. The average molecular weight is 298 g/mol. The molecule has 5 heteroatoms. The normalized spacial score (nSPS) is 11.4. The molecule has 0 saturated heterocycles. The molecular formula is C16H18N4S. The summed E-state index contributed by atoms with van der Waals surface area (Å²) in [5, 5.41) is 1.03. The van der Waals surface area contributed by atoms with Crippen LogP contribution in [0, 0.1) is 6.92 Å². The maximum absolute atomic E-state index is 6.03. The third-order valence-corrected chi connectivity index (χ3v) is 4.51. The molecule has 0 fully saturated rings. The summed E-state index contributed by atoms with van der Waals surface area (Å²) in [7, 11) is 2.12. The van der Waals surface area contributed by atoms with Gasteiger partial charge in [0.05, 0.1) is 16.7 Å². The number of benzene rings is 1. The zero-order valence-electron chi connectivity index (χ0n) is 12.2. The molecule has 0 spiro atoms. The lowest BCUT2D eigenvalue weighted by atomic mass is 10.1. The maximum atomic E-state index is 6.03. The molecule has 1 aromatic carbocycles. The van der Waals surface area contributed by atoms with Crippen molar-refractivity contribution in [2.24, 2.45) is 0 Å². The first-order chi connectivity index (χ1) is 10.1. The van der Waals surface area contributed by atoms with Crippen molar-refractivity contribution in [3.8, 4) is 0 Å². The Kier molecular flexibility index (Phi) is 3.86. The van der Waals surface area contributed by atoms with Gasteiger partial charge in [0.2, 0.25) is 0 Å². The predicted molar refractivity (Wildman–Crippen MR) is 88.2 cm³/mol. The fourth-order valence-electron chi connectivity index (χ4n) is 2.45. The molecule has 0 radical (unpaired) electrons. The molecule has 3 aromatic rings. The van der Waals surface area contributed by atoms with Crippen molar-refractivity contribution in [1.29, 1.82) is 0 Å². The van der Waals surface area contributed by atoms with Crippen LogP contribution in [0.1, 0.15) is 16.1 Å². The van der Waals surface area contributed by atoms with Gasteiger partial charge in [0, 0.05) is 35.2 Å². The van der Waals surface area contributed by atoms with Crippen LogP contribution in [0.25, 0.3) is 10.9 Å². The number of anilines is 1. The summed E-state index contributed by atoms with van der Waals surface area (Å²) in [5.41, 5.74) is 12.0. The second-order valence-electron chi connectivity index (χ2n) is 5.25. The maximum Gasteiger partial charge on any atom is 0.0798 e. The van der Waals surface area contributed by atoms with E-state index in [9.17, 15) is 0 Å². The molecule has 3 rings (SSSR count). The molecule has 0 aliphatic carbocycles. The molecule has 0 atom stereocenters. The molecule has 0 bridgehead atoms. The first-order valence-corrected chi connectivity index (χ1v) is 7.72. The van der Waals surface area contributed by atoms with E-state index in [1.54, 1.807) is 11.3 Å².